The summed E-state index contributed by atoms with van der Waals surface area (Å²) in [7, 11) is 3.94. The smallest absolute Gasteiger partial charge is 0.136 e. The van der Waals surface area contributed by atoms with Gasteiger partial charge in [-0.15, -0.1) is 0 Å². The van der Waals surface area contributed by atoms with E-state index in [4.69, 9.17) is 4.98 Å². The van der Waals surface area contributed by atoms with E-state index in [0.717, 1.165) is 61.2 Å². The zero-order chi connectivity index (χ0) is 24.4. The van der Waals surface area contributed by atoms with E-state index in [-0.39, 0.29) is 13.2 Å². The fourth-order valence-electron chi connectivity index (χ4n) is 4.53. The molecule has 4 nitrogen and oxygen atoms in total. The van der Waals surface area contributed by atoms with Crippen molar-refractivity contribution in [3.05, 3.63) is 108 Å². The summed E-state index contributed by atoms with van der Waals surface area (Å²) >= 11 is 0. The van der Waals surface area contributed by atoms with Crippen molar-refractivity contribution in [1.82, 2.24) is 4.98 Å². The Balaban J connectivity index is 1.76. The highest BCUT2D eigenvalue weighted by molar-refractivity contribution is 5.96. The summed E-state index contributed by atoms with van der Waals surface area (Å²) in [5.74, 6) is 0.822. The summed E-state index contributed by atoms with van der Waals surface area (Å²) in [4.78, 5) is 7.04. The number of benzene rings is 4. The highest BCUT2D eigenvalue weighted by atomic mass is 16.3. The van der Waals surface area contributed by atoms with Crippen LogP contribution < -0.4 is 4.90 Å². The number of pyridine rings is 1. The van der Waals surface area contributed by atoms with Crippen molar-refractivity contribution in [2.75, 3.05) is 19.0 Å². The Kier molecular flexibility index (Phi) is 6.32. The highest BCUT2D eigenvalue weighted by Gasteiger charge is 2.15. The normalized spacial score (nSPS) is 11.1. The zero-order valence-corrected chi connectivity index (χ0v) is 19.9. The van der Waals surface area contributed by atoms with Gasteiger partial charge in [0, 0.05) is 25.0 Å². The van der Waals surface area contributed by atoms with E-state index >= 15 is 0 Å². The average molecular weight is 461 g/mol. The third kappa shape index (κ3) is 4.54. The second-order valence-corrected chi connectivity index (χ2v) is 8.91. The number of rotatable bonds is 6. The number of fused-ring (bicyclic) bond motifs is 1. The molecule has 0 bridgehead atoms. The maximum absolute atomic E-state index is 9.86. The topological polar surface area (TPSA) is 56.6 Å². The van der Waals surface area contributed by atoms with Gasteiger partial charge >= 0.3 is 0 Å². The first-order valence-corrected chi connectivity index (χ1v) is 11.7. The minimum Gasteiger partial charge on any atom is -0.392 e. The molecule has 0 aliphatic carbocycles. The minimum atomic E-state index is -0.125. The van der Waals surface area contributed by atoms with E-state index in [9.17, 15) is 10.2 Å². The van der Waals surface area contributed by atoms with E-state index in [2.05, 4.69) is 72.8 Å². The molecule has 0 aliphatic heterocycles. The van der Waals surface area contributed by atoms with Crippen molar-refractivity contribution in [2.24, 2.45) is 0 Å². The second kappa shape index (κ2) is 9.71. The zero-order valence-electron chi connectivity index (χ0n) is 19.9. The molecule has 35 heavy (non-hydrogen) atoms. The van der Waals surface area contributed by atoms with Gasteiger partial charge in [-0.3, -0.25) is 0 Å². The molecule has 0 saturated carbocycles. The van der Waals surface area contributed by atoms with Crippen LogP contribution in [0.5, 0.6) is 0 Å². The molecule has 0 amide bonds. The van der Waals surface area contributed by atoms with Crippen molar-refractivity contribution in [1.29, 1.82) is 0 Å². The molecule has 5 aromatic rings. The van der Waals surface area contributed by atoms with Crippen LogP contribution in [0.2, 0.25) is 0 Å². The number of anilines is 1. The quantitative estimate of drug-likeness (QED) is 0.313. The minimum absolute atomic E-state index is 0.123. The van der Waals surface area contributed by atoms with Gasteiger partial charge in [0.2, 0.25) is 0 Å². The summed E-state index contributed by atoms with van der Waals surface area (Å²) in [5, 5.41) is 21.6. The van der Waals surface area contributed by atoms with Crippen molar-refractivity contribution < 1.29 is 10.2 Å². The molecule has 0 fully saturated rings. The number of nitrogens with zero attached hydrogens (tertiary/aromatic N) is 2. The molecule has 0 radical (unpaired) electrons. The van der Waals surface area contributed by atoms with Crippen LogP contribution in [0.1, 0.15) is 11.1 Å². The molecular weight excluding hydrogens is 432 g/mol. The molecule has 4 aromatic carbocycles. The summed E-state index contributed by atoms with van der Waals surface area (Å²) in [6, 6.07) is 33.3. The lowest BCUT2D eigenvalue weighted by molar-refractivity contribution is 0.260. The first kappa shape index (κ1) is 22.8. The first-order valence-electron chi connectivity index (χ1n) is 11.7. The Morgan fingerprint density at radius 1 is 0.600 bits per heavy atom. The van der Waals surface area contributed by atoms with Crippen molar-refractivity contribution >= 4 is 16.6 Å². The third-order valence-electron chi connectivity index (χ3n) is 6.34. The summed E-state index contributed by atoms with van der Waals surface area (Å²) in [5.41, 5.74) is 7.87. The summed E-state index contributed by atoms with van der Waals surface area (Å²) in [6.45, 7) is -0.248. The fourth-order valence-corrected chi connectivity index (χ4v) is 4.53. The molecule has 174 valence electrons. The van der Waals surface area contributed by atoms with E-state index in [1.54, 1.807) is 0 Å². The van der Waals surface area contributed by atoms with Gasteiger partial charge in [0.25, 0.3) is 0 Å². The SMILES string of the molecule is CN(C)c1nc(-c2cc(-c3ccccc3)cc(-c3ccccc3)c2)cc2cc(CO)c(CO)cc12. The Morgan fingerprint density at radius 3 is 1.63 bits per heavy atom. The van der Waals surface area contributed by atoms with Crippen molar-refractivity contribution in [2.45, 2.75) is 13.2 Å². The van der Waals surface area contributed by atoms with Gasteiger partial charge in [0.05, 0.1) is 18.9 Å². The molecule has 0 unspecified atom stereocenters. The number of aromatic nitrogens is 1. The molecule has 1 heterocycles. The molecule has 2 N–H and O–H groups in total. The monoisotopic (exact) mass is 460 g/mol. The van der Waals surface area contributed by atoms with Gasteiger partial charge in [-0.05, 0) is 75.2 Å². The maximum Gasteiger partial charge on any atom is 0.136 e. The molecule has 0 atom stereocenters. The number of hydrogen-bond acceptors (Lipinski definition) is 4. The predicted molar refractivity (Wildman–Crippen MR) is 144 cm³/mol. The van der Waals surface area contributed by atoms with E-state index in [0.29, 0.717) is 0 Å². The lowest BCUT2D eigenvalue weighted by atomic mass is 9.94. The van der Waals surface area contributed by atoms with Gasteiger partial charge in [-0.25, -0.2) is 4.98 Å². The van der Waals surface area contributed by atoms with Crippen LogP contribution >= 0.6 is 0 Å². The highest BCUT2D eigenvalue weighted by Crippen LogP contribution is 2.36. The number of aliphatic hydroxyl groups excluding tert-OH is 2. The van der Waals surface area contributed by atoms with Crippen LogP contribution in [0.4, 0.5) is 5.82 Å². The first-order chi connectivity index (χ1) is 17.1. The molecule has 4 heteroatoms. The van der Waals surface area contributed by atoms with Crippen molar-refractivity contribution in [3.8, 4) is 33.5 Å². The van der Waals surface area contributed by atoms with Gasteiger partial charge in [0.15, 0.2) is 0 Å². The molecule has 1 aromatic heterocycles. The Morgan fingerprint density at radius 2 is 1.11 bits per heavy atom. The molecule has 0 aliphatic rings. The Hall–Kier alpha value is -3.99. The van der Waals surface area contributed by atoms with Crippen LogP contribution in [0.3, 0.4) is 0 Å². The van der Waals surface area contributed by atoms with Crippen LogP contribution in [-0.4, -0.2) is 29.3 Å². The standard InChI is InChI=1S/C31H28N2O2/c1-33(2)31-29-17-28(20-35)27(19-34)16-25(29)18-30(32-31)26-14-23(21-9-5-3-6-10-21)13-24(15-26)22-11-7-4-8-12-22/h3-18,34-35H,19-20H2,1-2H3. The lowest BCUT2D eigenvalue weighted by Gasteiger charge is -2.19. The van der Waals surface area contributed by atoms with Crippen LogP contribution in [0, 0.1) is 0 Å². The largest absolute Gasteiger partial charge is 0.392 e. The Labute approximate surface area is 205 Å². The van der Waals surface area contributed by atoms with Gasteiger partial charge in [-0.1, -0.05) is 60.7 Å². The molecule has 0 saturated heterocycles. The van der Waals surface area contributed by atoms with E-state index < -0.39 is 0 Å². The number of aliphatic hydroxyl groups is 2. The summed E-state index contributed by atoms with van der Waals surface area (Å²) < 4.78 is 0. The van der Waals surface area contributed by atoms with E-state index in [1.165, 1.54) is 0 Å². The second-order valence-electron chi connectivity index (χ2n) is 8.91. The van der Waals surface area contributed by atoms with Gasteiger partial charge in [0.1, 0.15) is 5.82 Å². The molecular formula is C31H28N2O2. The Bertz CT molecular complexity index is 1420. The fraction of sp³-hybridized carbons (Fsp3) is 0.129. The van der Waals surface area contributed by atoms with Crippen LogP contribution in [0.15, 0.2) is 97.1 Å². The van der Waals surface area contributed by atoms with Gasteiger partial charge in [-0.2, -0.15) is 0 Å². The number of hydrogen-bond donors (Lipinski definition) is 2. The lowest BCUT2D eigenvalue weighted by Crippen LogP contribution is -2.12. The molecule has 0 spiro atoms. The predicted octanol–water partition coefficient (Wildman–Crippen LogP) is 6.29. The summed E-state index contributed by atoms with van der Waals surface area (Å²) in [6.07, 6.45) is 0. The van der Waals surface area contributed by atoms with E-state index in [1.807, 2.05) is 43.3 Å². The molecule has 5 rings (SSSR count). The van der Waals surface area contributed by atoms with Crippen molar-refractivity contribution in [3.63, 3.8) is 0 Å². The van der Waals surface area contributed by atoms with Gasteiger partial charge < -0.3 is 15.1 Å². The third-order valence-corrected chi connectivity index (χ3v) is 6.34. The average Bonchev–Trinajstić information content (AvgIpc) is 2.92. The van der Waals surface area contributed by atoms with Crippen LogP contribution in [-0.2, 0) is 13.2 Å². The maximum atomic E-state index is 9.86. The van der Waals surface area contributed by atoms with Crippen LogP contribution in [0.25, 0.3) is 44.3 Å².